The maximum Gasteiger partial charge on any atom is 0.248 e. The molecule has 2 aliphatic rings. The van der Waals surface area contributed by atoms with Gasteiger partial charge in [-0.1, -0.05) is 43.9 Å². The monoisotopic (exact) mass is 1040 g/mol. The van der Waals surface area contributed by atoms with Gasteiger partial charge in [-0.05, 0) is 106 Å². The Morgan fingerprint density at radius 1 is 0.791 bits per heavy atom. The summed E-state index contributed by atoms with van der Waals surface area (Å²) < 4.78 is 64.1. The highest BCUT2D eigenvalue weighted by atomic mass is 79.9. The highest BCUT2D eigenvalue weighted by molar-refractivity contribution is 9.10. The number of aromatic amines is 1. The maximum atomic E-state index is 11.7. The van der Waals surface area contributed by atoms with Gasteiger partial charge in [0.05, 0.1) is 18.9 Å². The van der Waals surface area contributed by atoms with E-state index in [-0.39, 0.29) is 54.2 Å². The Hall–Kier alpha value is -5.30. The summed E-state index contributed by atoms with van der Waals surface area (Å²) in [6.07, 6.45) is 11.9. The van der Waals surface area contributed by atoms with Crippen LogP contribution in [-0.4, -0.2) is 121 Å². The predicted octanol–water partition coefficient (Wildman–Crippen LogP) is 5.82. The van der Waals surface area contributed by atoms with Crippen molar-refractivity contribution in [3.05, 3.63) is 87.9 Å². The van der Waals surface area contributed by atoms with E-state index in [0.717, 1.165) is 84.3 Å². The molecule has 6 N–H and O–H groups in total. The number of aliphatic hydroxyl groups excluding tert-OH is 2. The molecule has 0 radical (unpaired) electrons. The lowest BCUT2D eigenvalue weighted by atomic mass is 9.98. The number of H-pyrrole nitrogens is 1. The summed E-state index contributed by atoms with van der Waals surface area (Å²) in [6, 6.07) is 16.9. The lowest BCUT2D eigenvalue weighted by Crippen LogP contribution is -2.22. The van der Waals surface area contributed by atoms with Crippen LogP contribution in [0.2, 0.25) is 25.7 Å². The normalized spacial score (nSPS) is 13.2. The van der Waals surface area contributed by atoms with Gasteiger partial charge in [0.2, 0.25) is 52.4 Å². The van der Waals surface area contributed by atoms with Gasteiger partial charge >= 0.3 is 0 Å². The number of aliphatic hydroxyl groups is 2. The molecule has 0 saturated carbocycles. The fourth-order valence-electron chi connectivity index (χ4n) is 7.38. The first-order valence-corrected chi connectivity index (χ1v) is 29.9. The minimum atomic E-state index is -3.48. The van der Waals surface area contributed by atoms with Crippen molar-refractivity contribution >= 4 is 61.0 Å². The van der Waals surface area contributed by atoms with E-state index in [2.05, 4.69) is 94.3 Å². The van der Waals surface area contributed by atoms with Crippen molar-refractivity contribution in [1.29, 1.82) is 0 Å². The van der Waals surface area contributed by atoms with Crippen LogP contribution in [0.3, 0.4) is 0 Å². The van der Waals surface area contributed by atoms with Crippen LogP contribution in [0.15, 0.2) is 76.0 Å². The van der Waals surface area contributed by atoms with E-state index in [1.165, 1.54) is 33.4 Å². The van der Waals surface area contributed by atoms with Crippen molar-refractivity contribution < 1.29 is 41.3 Å². The summed E-state index contributed by atoms with van der Waals surface area (Å²) >= 11 is 3.06. The lowest BCUT2D eigenvalue weighted by Gasteiger charge is -2.16. The zero-order chi connectivity index (χ0) is 48.4. The number of sulfone groups is 2. The lowest BCUT2D eigenvalue weighted by molar-refractivity contribution is 0.0713. The molecule has 2 aromatic carbocycles. The number of aryl methyl sites for hydroxylation is 2. The molecule has 4 heterocycles. The van der Waals surface area contributed by atoms with Crippen molar-refractivity contribution in [3.8, 4) is 34.0 Å². The predicted molar refractivity (Wildman–Crippen MR) is 261 cm³/mol. The number of nitrogens with two attached hydrogens (primary N) is 1. The molecule has 0 atom stereocenters. The molecule has 8 rings (SSSR count). The second kappa shape index (κ2) is 22.7. The largest absolute Gasteiger partial charge is 0.475 e. The molecular formula is C44H57BrN10O9S2Si. The SMILES string of the molecule is CS(=O)(=O)c1nc(Nc2c(-c3ccnc(OCCO)c3)ccc3c2CCC3)n[nH]1.C[Si](C)(C)CCOCn1nc(Br)nc1S(C)(=O)=O.Nc1c(-c2ccnc(OCCO)c2)ccc2c1CCC2. The molecule has 0 spiro atoms. The Morgan fingerprint density at radius 2 is 1.37 bits per heavy atom. The second-order valence-corrected chi connectivity index (χ2v) is 27.2. The van der Waals surface area contributed by atoms with Crippen molar-refractivity contribution in [2.45, 2.75) is 81.3 Å². The van der Waals surface area contributed by atoms with Crippen molar-refractivity contribution in [1.82, 2.24) is 39.9 Å². The average molecular weight is 1040 g/mol. The molecule has 4 aromatic heterocycles. The van der Waals surface area contributed by atoms with Crippen LogP contribution < -0.4 is 20.5 Å². The number of hydrogen-bond donors (Lipinski definition) is 5. The van der Waals surface area contributed by atoms with E-state index in [4.69, 9.17) is 30.2 Å². The first kappa shape index (κ1) is 51.1. The van der Waals surface area contributed by atoms with E-state index in [9.17, 15) is 16.8 Å². The van der Waals surface area contributed by atoms with Crippen LogP contribution in [0.5, 0.6) is 11.8 Å². The molecule has 360 valence electrons. The van der Waals surface area contributed by atoms with Gasteiger partial charge in [-0.25, -0.2) is 36.6 Å². The fourth-order valence-corrected chi connectivity index (χ4v) is 9.80. The standard InChI is InChI=1S/C19H21N5O4S.C16H18N2O2.C9H18BrN3O3SSi/c1-29(26,27)19-22-18(23-24-19)21-17-14-4-2-3-12(14)5-6-15(17)13-7-8-20-16(11-13)28-10-9-25;17-16-13-3-1-2-11(13)4-5-14(16)12-6-7-18-15(10-12)20-9-8-19;1-17(14,15)9-11-8(10)12-13(9)7-16-5-6-18(2,3)4/h5-8,11,25H,2-4,9-10H2,1H3,(H2,21,22,23,24);4-7,10,19H,1-3,8-9,17H2;5-7H2,1-4H3. The number of pyridine rings is 2. The number of nitrogens with zero attached hydrogens (tertiary/aromatic N) is 7. The molecule has 23 heteroatoms. The summed E-state index contributed by atoms with van der Waals surface area (Å²) in [5.41, 5.74) is 16.9. The van der Waals surface area contributed by atoms with E-state index in [1.807, 2.05) is 24.3 Å². The number of nitrogens with one attached hydrogen (secondary N) is 2. The van der Waals surface area contributed by atoms with Crippen LogP contribution in [0.25, 0.3) is 22.3 Å². The van der Waals surface area contributed by atoms with Gasteiger partial charge in [0.15, 0.2) is 0 Å². The zero-order valence-corrected chi connectivity index (χ0v) is 42.3. The van der Waals surface area contributed by atoms with Crippen LogP contribution >= 0.6 is 15.9 Å². The van der Waals surface area contributed by atoms with Crippen LogP contribution in [0, 0.1) is 0 Å². The highest BCUT2D eigenvalue weighted by Crippen LogP contribution is 2.40. The number of aromatic nitrogens is 8. The Balaban J connectivity index is 0.000000173. The van der Waals surface area contributed by atoms with E-state index < -0.39 is 27.7 Å². The minimum absolute atomic E-state index is 0.0209. The zero-order valence-electron chi connectivity index (χ0n) is 38.1. The quantitative estimate of drug-likeness (QED) is 0.0409. The highest BCUT2D eigenvalue weighted by Gasteiger charge is 2.23. The smallest absolute Gasteiger partial charge is 0.248 e. The summed E-state index contributed by atoms with van der Waals surface area (Å²) in [7, 11) is -8.01. The number of nitrogen functional groups attached to an aromatic ring is 1. The second-order valence-electron chi connectivity index (χ2n) is 17.1. The average Bonchev–Trinajstić information content (AvgIpc) is 4.12. The van der Waals surface area contributed by atoms with Gasteiger partial charge in [-0.15, -0.1) is 10.2 Å². The van der Waals surface area contributed by atoms with E-state index in [1.54, 1.807) is 18.5 Å². The number of fused-ring (bicyclic) bond motifs is 2. The summed E-state index contributed by atoms with van der Waals surface area (Å²) in [5, 5.41) is 31.1. The van der Waals surface area contributed by atoms with Gasteiger partial charge in [0.25, 0.3) is 0 Å². The summed E-state index contributed by atoms with van der Waals surface area (Å²) in [6.45, 7) is 7.77. The molecule has 2 aliphatic carbocycles. The third kappa shape index (κ3) is 14.1. The van der Waals surface area contributed by atoms with Gasteiger partial charge in [0.1, 0.15) is 19.9 Å². The third-order valence-electron chi connectivity index (χ3n) is 10.6. The van der Waals surface area contributed by atoms with Crippen LogP contribution in [0.4, 0.5) is 17.3 Å². The summed E-state index contributed by atoms with van der Waals surface area (Å²) in [5.74, 6) is 1.12. The van der Waals surface area contributed by atoms with Gasteiger partial charge in [0, 0.05) is 68.5 Å². The number of halogens is 1. The molecule has 0 fully saturated rings. The molecule has 0 bridgehead atoms. The molecule has 0 aliphatic heterocycles. The number of rotatable bonds is 17. The Labute approximate surface area is 399 Å². The maximum absolute atomic E-state index is 11.7. The van der Waals surface area contributed by atoms with Gasteiger partial charge in [-0.3, -0.25) is 0 Å². The Morgan fingerprint density at radius 3 is 1.94 bits per heavy atom. The molecule has 0 unspecified atom stereocenters. The Bertz CT molecular complexity index is 2870. The topological polar surface area (TPSA) is 273 Å². The fraction of sp³-hybridized carbons (Fsp3) is 0.409. The number of ether oxygens (including phenoxy) is 3. The molecule has 67 heavy (non-hydrogen) atoms. The molecular weight excluding hydrogens is 985 g/mol. The summed E-state index contributed by atoms with van der Waals surface area (Å²) in [4.78, 5) is 16.2. The minimum Gasteiger partial charge on any atom is -0.475 e. The van der Waals surface area contributed by atoms with Crippen LogP contribution in [-0.2, 0) is 56.8 Å². The molecule has 0 amide bonds. The van der Waals surface area contributed by atoms with Crippen molar-refractivity contribution in [2.24, 2.45) is 0 Å². The first-order chi connectivity index (χ1) is 31.8. The van der Waals surface area contributed by atoms with Crippen molar-refractivity contribution in [2.75, 3.05) is 56.6 Å². The number of hydrogen-bond acceptors (Lipinski definition) is 17. The number of benzene rings is 2. The van der Waals surface area contributed by atoms with Gasteiger partial charge in [-0.2, -0.15) is 9.97 Å². The van der Waals surface area contributed by atoms with Crippen molar-refractivity contribution in [3.63, 3.8) is 0 Å². The van der Waals surface area contributed by atoms with Gasteiger partial charge < -0.3 is 35.5 Å². The molecule has 0 saturated heterocycles. The Kier molecular flexibility index (Phi) is 17.3. The van der Waals surface area contributed by atoms with Crippen LogP contribution in [0.1, 0.15) is 35.1 Å². The number of anilines is 3. The third-order valence-corrected chi connectivity index (χ3v) is 14.5. The van der Waals surface area contributed by atoms with E-state index in [0.29, 0.717) is 18.4 Å². The molecule has 19 nitrogen and oxygen atoms in total. The van der Waals surface area contributed by atoms with E-state index >= 15 is 0 Å². The first-order valence-electron chi connectivity index (χ1n) is 21.6. The molecule has 6 aromatic rings.